The van der Waals surface area contributed by atoms with Crippen LogP contribution in [0.15, 0.2) is 77.4 Å². The molecule has 0 aliphatic carbocycles. The van der Waals surface area contributed by atoms with Crippen molar-refractivity contribution >= 4 is 17.5 Å². The molecule has 1 aromatic heterocycles. The summed E-state index contributed by atoms with van der Waals surface area (Å²) in [5.74, 6) is 0.699. The second-order valence-corrected chi connectivity index (χ2v) is 5.67. The van der Waals surface area contributed by atoms with Gasteiger partial charge < -0.3 is 9.32 Å². The van der Waals surface area contributed by atoms with Crippen LogP contribution in [0.25, 0.3) is 0 Å². The fourth-order valence-electron chi connectivity index (χ4n) is 2.37. The van der Waals surface area contributed by atoms with E-state index in [1.165, 1.54) is 0 Å². The highest BCUT2D eigenvalue weighted by atomic mass is 35.5. The van der Waals surface area contributed by atoms with Crippen molar-refractivity contribution in [1.82, 2.24) is 4.90 Å². The minimum Gasteiger partial charge on any atom is -0.467 e. The summed E-state index contributed by atoms with van der Waals surface area (Å²) in [4.78, 5) is 14.6. The van der Waals surface area contributed by atoms with Gasteiger partial charge in [0.1, 0.15) is 5.76 Å². The molecular weight excluding hydrogens is 310 g/mol. The van der Waals surface area contributed by atoms with Crippen molar-refractivity contribution in [2.24, 2.45) is 0 Å². The lowest BCUT2D eigenvalue weighted by atomic mass is 10.1. The van der Waals surface area contributed by atoms with Gasteiger partial charge in [0.25, 0.3) is 5.91 Å². The average Bonchev–Trinajstić information content (AvgIpc) is 3.08. The van der Waals surface area contributed by atoms with E-state index >= 15 is 0 Å². The standard InChI is InChI=1S/C19H16ClNO2/c20-17-10-8-16(9-11-17)19(22)21(14-18-7-4-12-23-18)13-15-5-2-1-3-6-15/h1-12H,13-14H2. The number of benzene rings is 2. The van der Waals surface area contributed by atoms with Crippen LogP contribution in [0, 0.1) is 0 Å². The molecule has 0 unspecified atom stereocenters. The summed E-state index contributed by atoms with van der Waals surface area (Å²) < 4.78 is 5.39. The van der Waals surface area contributed by atoms with Crippen LogP contribution in [0.2, 0.25) is 5.02 Å². The Bertz CT molecular complexity index is 752. The molecule has 0 aliphatic heterocycles. The number of amides is 1. The number of nitrogens with zero attached hydrogens (tertiary/aromatic N) is 1. The first-order valence-corrected chi connectivity index (χ1v) is 7.71. The van der Waals surface area contributed by atoms with Gasteiger partial charge in [-0.05, 0) is 42.0 Å². The average molecular weight is 326 g/mol. The minimum atomic E-state index is -0.0538. The largest absolute Gasteiger partial charge is 0.467 e. The van der Waals surface area contributed by atoms with E-state index in [2.05, 4.69) is 0 Å². The monoisotopic (exact) mass is 325 g/mol. The quantitative estimate of drug-likeness (QED) is 0.676. The molecule has 0 N–H and O–H groups in total. The van der Waals surface area contributed by atoms with E-state index in [9.17, 15) is 4.79 Å². The summed E-state index contributed by atoms with van der Waals surface area (Å²) in [6.07, 6.45) is 1.61. The van der Waals surface area contributed by atoms with Gasteiger partial charge in [-0.25, -0.2) is 0 Å². The van der Waals surface area contributed by atoms with E-state index in [1.807, 2.05) is 42.5 Å². The molecule has 0 radical (unpaired) electrons. The van der Waals surface area contributed by atoms with Crippen molar-refractivity contribution in [2.75, 3.05) is 0 Å². The molecule has 1 amide bonds. The van der Waals surface area contributed by atoms with Crippen LogP contribution in [0.1, 0.15) is 21.7 Å². The Labute approximate surface area is 140 Å². The third kappa shape index (κ3) is 4.02. The maximum absolute atomic E-state index is 12.8. The van der Waals surface area contributed by atoms with Crippen molar-refractivity contribution in [2.45, 2.75) is 13.1 Å². The van der Waals surface area contributed by atoms with Crippen LogP contribution in [-0.4, -0.2) is 10.8 Å². The molecular formula is C19H16ClNO2. The Morgan fingerprint density at radius 1 is 0.913 bits per heavy atom. The van der Waals surface area contributed by atoms with Crippen LogP contribution < -0.4 is 0 Å². The predicted octanol–water partition coefficient (Wildman–Crippen LogP) is 4.78. The fourth-order valence-corrected chi connectivity index (χ4v) is 2.49. The zero-order valence-electron chi connectivity index (χ0n) is 12.5. The van der Waals surface area contributed by atoms with Gasteiger partial charge in [-0.1, -0.05) is 41.9 Å². The Morgan fingerprint density at radius 2 is 1.65 bits per heavy atom. The summed E-state index contributed by atoms with van der Waals surface area (Å²) in [6.45, 7) is 0.937. The molecule has 0 aliphatic rings. The normalized spacial score (nSPS) is 10.5. The number of hydrogen-bond acceptors (Lipinski definition) is 2. The highest BCUT2D eigenvalue weighted by molar-refractivity contribution is 6.30. The third-order valence-electron chi connectivity index (χ3n) is 3.52. The molecule has 0 bridgehead atoms. The Kier molecular flexibility index (Phi) is 4.79. The van der Waals surface area contributed by atoms with Crippen LogP contribution >= 0.6 is 11.6 Å². The van der Waals surface area contributed by atoms with E-state index in [0.717, 1.165) is 11.3 Å². The molecule has 0 spiro atoms. The van der Waals surface area contributed by atoms with Gasteiger partial charge in [0, 0.05) is 17.1 Å². The lowest BCUT2D eigenvalue weighted by molar-refractivity contribution is 0.0717. The van der Waals surface area contributed by atoms with Gasteiger partial charge in [0.15, 0.2) is 0 Å². The first kappa shape index (κ1) is 15.4. The molecule has 0 saturated carbocycles. The Morgan fingerprint density at radius 3 is 2.30 bits per heavy atom. The lowest BCUT2D eigenvalue weighted by Gasteiger charge is -2.22. The molecule has 3 rings (SSSR count). The van der Waals surface area contributed by atoms with Crippen LogP contribution in [0.4, 0.5) is 0 Å². The molecule has 23 heavy (non-hydrogen) atoms. The molecule has 0 fully saturated rings. The zero-order chi connectivity index (χ0) is 16.1. The van der Waals surface area contributed by atoms with Crippen molar-refractivity contribution in [3.63, 3.8) is 0 Å². The molecule has 4 heteroatoms. The van der Waals surface area contributed by atoms with Gasteiger partial charge in [0.05, 0.1) is 12.8 Å². The molecule has 3 aromatic rings. The third-order valence-corrected chi connectivity index (χ3v) is 3.77. The molecule has 1 heterocycles. The van der Waals surface area contributed by atoms with E-state index in [1.54, 1.807) is 35.4 Å². The van der Waals surface area contributed by atoms with E-state index in [-0.39, 0.29) is 5.91 Å². The summed E-state index contributed by atoms with van der Waals surface area (Å²) in [6, 6.07) is 20.5. The topological polar surface area (TPSA) is 33.5 Å². The number of rotatable bonds is 5. The molecule has 116 valence electrons. The fraction of sp³-hybridized carbons (Fsp3) is 0.105. The number of carbonyl (C=O) groups excluding carboxylic acids is 1. The second kappa shape index (κ2) is 7.16. The highest BCUT2D eigenvalue weighted by Crippen LogP contribution is 2.16. The van der Waals surface area contributed by atoms with Crippen LogP contribution in [0.3, 0.4) is 0 Å². The van der Waals surface area contributed by atoms with Gasteiger partial charge in [-0.2, -0.15) is 0 Å². The van der Waals surface area contributed by atoms with Gasteiger partial charge in [-0.3, -0.25) is 4.79 Å². The van der Waals surface area contributed by atoms with E-state index < -0.39 is 0 Å². The van der Waals surface area contributed by atoms with Crippen LogP contribution in [-0.2, 0) is 13.1 Å². The predicted molar refractivity (Wildman–Crippen MR) is 90.2 cm³/mol. The maximum Gasteiger partial charge on any atom is 0.254 e. The minimum absolute atomic E-state index is 0.0538. The van der Waals surface area contributed by atoms with Gasteiger partial charge in [0.2, 0.25) is 0 Å². The summed E-state index contributed by atoms with van der Waals surface area (Å²) >= 11 is 5.90. The Hall–Kier alpha value is -2.52. The first-order valence-electron chi connectivity index (χ1n) is 7.33. The maximum atomic E-state index is 12.8. The van der Waals surface area contributed by atoms with Gasteiger partial charge in [-0.15, -0.1) is 0 Å². The smallest absolute Gasteiger partial charge is 0.254 e. The molecule has 2 aromatic carbocycles. The number of carbonyl (C=O) groups is 1. The zero-order valence-corrected chi connectivity index (χ0v) is 13.2. The summed E-state index contributed by atoms with van der Waals surface area (Å²) in [5, 5.41) is 0.613. The summed E-state index contributed by atoms with van der Waals surface area (Å²) in [5.41, 5.74) is 1.68. The molecule has 3 nitrogen and oxygen atoms in total. The summed E-state index contributed by atoms with van der Waals surface area (Å²) in [7, 11) is 0. The van der Waals surface area contributed by atoms with Crippen molar-refractivity contribution in [1.29, 1.82) is 0 Å². The number of hydrogen-bond donors (Lipinski definition) is 0. The lowest BCUT2D eigenvalue weighted by Crippen LogP contribution is -2.30. The first-order chi connectivity index (χ1) is 11.2. The molecule has 0 saturated heterocycles. The van der Waals surface area contributed by atoms with Crippen molar-refractivity contribution in [3.05, 3.63) is 94.9 Å². The molecule has 0 atom stereocenters. The Balaban J connectivity index is 1.84. The number of halogens is 1. The van der Waals surface area contributed by atoms with Gasteiger partial charge >= 0.3 is 0 Å². The van der Waals surface area contributed by atoms with E-state index in [0.29, 0.717) is 23.7 Å². The van der Waals surface area contributed by atoms with Crippen molar-refractivity contribution in [3.8, 4) is 0 Å². The van der Waals surface area contributed by atoms with E-state index in [4.69, 9.17) is 16.0 Å². The highest BCUT2D eigenvalue weighted by Gasteiger charge is 2.17. The van der Waals surface area contributed by atoms with Crippen molar-refractivity contribution < 1.29 is 9.21 Å². The SMILES string of the molecule is O=C(c1ccc(Cl)cc1)N(Cc1ccccc1)Cc1ccco1. The number of furan rings is 1. The van der Waals surface area contributed by atoms with Crippen LogP contribution in [0.5, 0.6) is 0 Å². The second-order valence-electron chi connectivity index (χ2n) is 5.23.